The van der Waals surface area contributed by atoms with Gasteiger partial charge in [0.1, 0.15) is 0 Å². The number of hydrogen-bond donors (Lipinski definition) is 0. The maximum absolute atomic E-state index is 13.8. The summed E-state index contributed by atoms with van der Waals surface area (Å²) < 4.78 is 0. The molecule has 0 rings (SSSR count). The summed E-state index contributed by atoms with van der Waals surface area (Å²) in [5.74, 6) is 0. The van der Waals surface area contributed by atoms with Crippen LogP contribution in [0.2, 0.25) is 0 Å². The van der Waals surface area contributed by atoms with Gasteiger partial charge in [-0.15, -0.1) is 0 Å². The third kappa shape index (κ3) is 11.6. The first-order chi connectivity index (χ1) is 15.4. The number of hydrogen-bond acceptors (Lipinski definition) is 2. The predicted octanol–water partition coefficient (Wildman–Crippen LogP) is 9.66. The van der Waals surface area contributed by atoms with Crippen LogP contribution in [0.15, 0.2) is 0 Å². The molecule has 0 amide bonds. The van der Waals surface area contributed by atoms with Crippen molar-refractivity contribution in [2.45, 2.75) is 131 Å². The van der Waals surface area contributed by atoms with Crippen LogP contribution in [0.5, 0.6) is 0 Å². The summed E-state index contributed by atoms with van der Waals surface area (Å²) in [5, 5.41) is 0. The van der Waals surface area contributed by atoms with Gasteiger partial charge < -0.3 is 0 Å². The Morgan fingerprint density at radius 3 is 0.750 bits per heavy atom. The Bertz CT molecular complexity index is 402. The average Bonchev–Trinajstić information content (AvgIpc) is 2.81. The van der Waals surface area contributed by atoms with Crippen LogP contribution in [0.25, 0.3) is 0 Å². The Labute approximate surface area is 203 Å². The normalized spacial score (nSPS) is 12.3. The number of carbonyl (C=O) groups excluding carboxylic acids is 2. The molecule has 0 heterocycles. The number of carbonyl (C=O) groups is 2. The largest absolute Gasteiger partial charge is 0.268 e. The van der Waals surface area contributed by atoms with Gasteiger partial charge in [0.25, 0.3) is 11.0 Å². The topological polar surface area (TPSA) is 34.1 Å². The van der Waals surface area contributed by atoms with Crippen LogP contribution in [0.1, 0.15) is 131 Å². The lowest BCUT2D eigenvalue weighted by atomic mass is 10.3. The summed E-state index contributed by atoms with van der Waals surface area (Å²) in [6.07, 6.45) is 22.1. The molecule has 0 saturated heterocycles. The van der Waals surface area contributed by atoms with Crippen LogP contribution in [-0.2, 0) is 9.59 Å². The maximum Gasteiger partial charge on any atom is 0.268 e. The highest BCUT2D eigenvalue weighted by atomic mass is 31.2. The summed E-state index contributed by atoms with van der Waals surface area (Å²) in [6, 6.07) is 0. The van der Waals surface area contributed by atoms with E-state index in [1.165, 1.54) is 77.0 Å². The lowest BCUT2D eigenvalue weighted by Crippen LogP contribution is -2.22. The van der Waals surface area contributed by atoms with Crippen molar-refractivity contribution in [2.75, 3.05) is 37.0 Å². The Morgan fingerprint density at radius 1 is 0.406 bits per heavy atom. The fraction of sp³-hybridized carbons (Fsp3) is 0.929. The second kappa shape index (κ2) is 19.5. The quantitative estimate of drug-likeness (QED) is 0.134. The first-order valence-electron chi connectivity index (χ1n) is 14.2. The molecule has 2 nitrogen and oxygen atoms in total. The summed E-state index contributed by atoms with van der Waals surface area (Å²) in [7, 11) is -3.18. The lowest BCUT2D eigenvalue weighted by Gasteiger charge is -2.27. The van der Waals surface area contributed by atoms with Crippen molar-refractivity contribution in [3.8, 4) is 0 Å². The molecule has 32 heavy (non-hydrogen) atoms. The highest BCUT2D eigenvalue weighted by molar-refractivity contribution is 7.91. The second-order valence-corrected chi connectivity index (χ2v) is 18.3. The first-order valence-corrected chi connectivity index (χ1v) is 18.9. The van der Waals surface area contributed by atoms with E-state index in [0.717, 1.165) is 37.0 Å². The van der Waals surface area contributed by atoms with E-state index in [2.05, 4.69) is 41.5 Å². The first kappa shape index (κ1) is 32.2. The molecule has 0 aromatic carbocycles. The minimum atomic E-state index is -1.59. The average molecular weight is 489 g/mol. The number of rotatable bonds is 23. The van der Waals surface area contributed by atoms with Crippen LogP contribution < -0.4 is 0 Å². The molecule has 0 aliphatic heterocycles. The van der Waals surface area contributed by atoms with Gasteiger partial charge in [0.15, 0.2) is 0 Å². The minimum Gasteiger partial charge on any atom is -0.253 e. The van der Waals surface area contributed by atoms with E-state index in [-0.39, 0.29) is 0 Å². The van der Waals surface area contributed by atoms with E-state index in [0.29, 0.717) is 23.9 Å². The Morgan fingerprint density at radius 2 is 0.594 bits per heavy atom. The summed E-state index contributed by atoms with van der Waals surface area (Å²) in [4.78, 5) is 27.5. The SMILES string of the molecule is CCCC[P+](CCCC)(CCCC)C(=O)CCC(=O)[P+](CCCC)(CCCC)CCCC. The summed E-state index contributed by atoms with van der Waals surface area (Å²) in [6.45, 7) is 13.5. The van der Waals surface area contributed by atoms with Crippen LogP contribution in [-0.4, -0.2) is 48.0 Å². The van der Waals surface area contributed by atoms with Crippen LogP contribution in [0, 0.1) is 0 Å². The zero-order chi connectivity index (χ0) is 24.3. The van der Waals surface area contributed by atoms with Crippen molar-refractivity contribution < 1.29 is 9.59 Å². The fourth-order valence-corrected chi connectivity index (χ4v) is 14.4. The van der Waals surface area contributed by atoms with Crippen LogP contribution in [0.4, 0.5) is 0 Å². The van der Waals surface area contributed by atoms with Gasteiger partial charge in [-0.3, -0.25) is 9.59 Å². The molecule has 0 aliphatic rings. The van der Waals surface area contributed by atoms with Crippen molar-refractivity contribution in [2.24, 2.45) is 0 Å². The fourth-order valence-electron chi connectivity index (χ4n) is 4.87. The van der Waals surface area contributed by atoms with Crippen molar-refractivity contribution in [1.29, 1.82) is 0 Å². The van der Waals surface area contributed by atoms with Gasteiger partial charge in [0, 0.05) is 0 Å². The van der Waals surface area contributed by atoms with Crippen molar-refractivity contribution in [3.63, 3.8) is 0 Å². The van der Waals surface area contributed by atoms with Crippen molar-refractivity contribution in [3.05, 3.63) is 0 Å². The zero-order valence-electron chi connectivity index (χ0n) is 22.9. The second-order valence-electron chi connectivity index (χ2n) is 10.0. The Balaban J connectivity index is 5.55. The molecular weight excluding hydrogens is 430 g/mol. The Kier molecular flexibility index (Phi) is 19.6. The number of unbranched alkanes of at least 4 members (excludes halogenated alkanes) is 6. The van der Waals surface area contributed by atoms with Crippen molar-refractivity contribution >= 4 is 25.6 Å². The molecule has 0 spiro atoms. The van der Waals surface area contributed by atoms with E-state index in [1.54, 1.807) is 0 Å². The van der Waals surface area contributed by atoms with E-state index >= 15 is 0 Å². The zero-order valence-corrected chi connectivity index (χ0v) is 24.6. The molecule has 190 valence electrons. The molecule has 0 unspecified atom stereocenters. The molecular formula is C28H58O2P2+2. The third-order valence-electron chi connectivity index (χ3n) is 7.25. The van der Waals surface area contributed by atoms with Gasteiger partial charge in [-0.25, -0.2) is 0 Å². The van der Waals surface area contributed by atoms with Gasteiger partial charge in [0.05, 0.1) is 64.3 Å². The standard InChI is InChI=1S/C28H58O2P2/c1-7-13-21-31(22-14-8-2,23-15-9-3)27(29)19-20-28(30)32(24-16-10-4,25-17-11-5)26-18-12-6/h7-26H2,1-6H3/q+2. The highest BCUT2D eigenvalue weighted by Gasteiger charge is 2.47. The monoisotopic (exact) mass is 488 g/mol. The minimum absolute atomic E-state index is 0.528. The van der Waals surface area contributed by atoms with E-state index in [4.69, 9.17) is 0 Å². The third-order valence-corrected chi connectivity index (χ3v) is 16.8. The van der Waals surface area contributed by atoms with Crippen LogP contribution >= 0.6 is 14.5 Å². The lowest BCUT2D eigenvalue weighted by molar-refractivity contribution is -0.116. The molecule has 0 radical (unpaired) electrons. The summed E-state index contributed by atoms with van der Waals surface area (Å²) >= 11 is 0. The predicted molar refractivity (Wildman–Crippen MR) is 152 cm³/mol. The van der Waals surface area contributed by atoms with Gasteiger partial charge in [-0.05, 0) is 38.5 Å². The Hall–Kier alpha value is 0.200. The van der Waals surface area contributed by atoms with Crippen molar-refractivity contribution in [1.82, 2.24) is 0 Å². The molecule has 0 N–H and O–H groups in total. The molecule has 0 saturated carbocycles. The van der Waals surface area contributed by atoms with E-state index < -0.39 is 14.5 Å². The molecule has 0 aromatic heterocycles. The van der Waals surface area contributed by atoms with Crippen LogP contribution in [0.3, 0.4) is 0 Å². The molecule has 0 fully saturated rings. The van der Waals surface area contributed by atoms with Gasteiger partial charge >= 0.3 is 0 Å². The van der Waals surface area contributed by atoms with E-state index in [9.17, 15) is 9.59 Å². The molecule has 0 bridgehead atoms. The smallest absolute Gasteiger partial charge is 0.253 e. The molecule has 0 aromatic rings. The molecule has 0 aliphatic carbocycles. The van der Waals surface area contributed by atoms with Gasteiger partial charge in [-0.1, -0.05) is 80.1 Å². The molecule has 0 atom stereocenters. The summed E-state index contributed by atoms with van der Waals surface area (Å²) in [5.41, 5.74) is 1.06. The highest BCUT2D eigenvalue weighted by Crippen LogP contribution is 2.65. The van der Waals surface area contributed by atoms with Gasteiger partial charge in [-0.2, -0.15) is 0 Å². The maximum atomic E-state index is 13.8. The van der Waals surface area contributed by atoms with E-state index in [1.807, 2.05) is 0 Å². The molecule has 4 heteroatoms. The van der Waals surface area contributed by atoms with Gasteiger partial charge in [0.2, 0.25) is 0 Å².